The lowest BCUT2D eigenvalue weighted by atomic mass is 10.1. The van der Waals surface area contributed by atoms with E-state index in [4.69, 9.17) is 0 Å². The van der Waals surface area contributed by atoms with E-state index in [-0.39, 0.29) is 0 Å². The molecule has 0 atom stereocenters. The molecule has 0 saturated carbocycles. The first kappa shape index (κ1) is 13.0. The van der Waals surface area contributed by atoms with Crippen LogP contribution in [0, 0.1) is 0 Å². The van der Waals surface area contributed by atoms with Gasteiger partial charge >= 0.3 is 0 Å². The van der Waals surface area contributed by atoms with Crippen LogP contribution in [0.5, 0.6) is 0 Å². The van der Waals surface area contributed by atoms with Crippen LogP contribution in [0.15, 0.2) is 36.7 Å². The number of ketones is 1. The summed E-state index contributed by atoms with van der Waals surface area (Å²) in [5.74, 6) is -1.05. The fraction of sp³-hybridized carbons (Fsp3) is 0.214. The maximum Gasteiger partial charge on any atom is 0.287 e. The maximum atomic E-state index is 11.2. The maximum absolute atomic E-state index is 11.2. The number of hydrogen-bond acceptors (Lipinski definition) is 3. The van der Waals surface area contributed by atoms with Crippen molar-refractivity contribution >= 4 is 11.7 Å². The van der Waals surface area contributed by atoms with Crippen molar-refractivity contribution in [2.45, 2.75) is 13.5 Å². The van der Waals surface area contributed by atoms with E-state index < -0.39 is 11.7 Å². The number of nitrogens with zero attached hydrogens (tertiary/aromatic N) is 2. The minimum atomic E-state index is -0.563. The Hall–Kier alpha value is -2.43. The van der Waals surface area contributed by atoms with Gasteiger partial charge in [-0.1, -0.05) is 18.2 Å². The number of nitrogens with one attached hydrogen (secondary N) is 1. The Morgan fingerprint density at radius 2 is 2.11 bits per heavy atom. The van der Waals surface area contributed by atoms with Crippen LogP contribution < -0.4 is 5.32 Å². The molecule has 1 heterocycles. The van der Waals surface area contributed by atoms with Crippen molar-refractivity contribution in [3.63, 3.8) is 0 Å². The summed E-state index contributed by atoms with van der Waals surface area (Å²) in [6, 6.07) is 7.77. The van der Waals surface area contributed by atoms with Gasteiger partial charge in [-0.2, -0.15) is 5.10 Å². The van der Waals surface area contributed by atoms with Gasteiger partial charge in [-0.05, 0) is 17.2 Å². The van der Waals surface area contributed by atoms with Gasteiger partial charge in [0.25, 0.3) is 5.91 Å². The van der Waals surface area contributed by atoms with E-state index in [0.717, 1.165) is 16.7 Å². The smallest absolute Gasteiger partial charge is 0.287 e. The zero-order valence-corrected chi connectivity index (χ0v) is 10.9. The molecule has 98 valence electrons. The SMILES string of the molecule is CC(=O)C(=O)NCc1cccc(-c2cnn(C)c2)c1. The van der Waals surface area contributed by atoms with Gasteiger partial charge in [0, 0.05) is 32.3 Å². The van der Waals surface area contributed by atoms with Crippen LogP contribution >= 0.6 is 0 Å². The molecule has 0 aliphatic rings. The number of carbonyl (C=O) groups is 2. The van der Waals surface area contributed by atoms with Gasteiger partial charge in [-0.15, -0.1) is 0 Å². The molecule has 0 aliphatic carbocycles. The topological polar surface area (TPSA) is 64.0 Å². The van der Waals surface area contributed by atoms with Crippen LogP contribution in [-0.2, 0) is 23.2 Å². The Kier molecular flexibility index (Phi) is 3.75. The normalized spacial score (nSPS) is 10.2. The molecule has 0 spiro atoms. The Balaban J connectivity index is 2.11. The molecule has 0 radical (unpaired) electrons. The third-order valence-electron chi connectivity index (χ3n) is 2.74. The Labute approximate surface area is 111 Å². The second-order valence-corrected chi connectivity index (χ2v) is 4.34. The monoisotopic (exact) mass is 257 g/mol. The van der Waals surface area contributed by atoms with Crippen molar-refractivity contribution in [3.8, 4) is 11.1 Å². The van der Waals surface area contributed by atoms with Crippen LogP contribution in [0.1, 0.15) is 12.5 Å². The molecule has 0 unspecified atom stereocenters. The molecule has 5 nitrogen and oxygen atoms in total. The summed E-state index contributed by atoms with van der Waals surface area (Å²) in [4.78, 5) is 22.0. The lowest BCUT2D eigenvalue weighted by Gasteiger charge is -2.05. The second kappa shape index (κ2) is 5.48. The fourth-order valence-electron chi connectivity index (χ4n) is 1.74. The molecule has 1 aromatic carbocycles. The van der Waals surface area contributed by atoms with Gasteiger partial charge in [0.15, 0.2) is 0 Å². The molecule has 0 fully saturated rings. The summed E-state index contributed by atoms with van der Waals surface area (Å²) in [6.07, 6.45) is 3.71. The molecular formula is C14H15N3O2. The molecule has 2 rings (SSSR count). The van der Waals surface area contributed by atoms with E-state index in [9.17, 15) is 9.59 Å². The number of aryl methyl sites for hydroxylation is 1. The quantitative estimate of drug-likeness (QED) is 0.839. The summed E-state index contributed by atoms with van der Waals surface area (Å²) in [5.41, 5.74) is 2.99. The van der Waals surface area contributed by atoms with Crippen molar-refractivity contribution in [3.05, 3.63) is 42.2 Å². The number of rotatable bonds is 4. The Morgan fingerprint density at radius 1 is 1.32 bits per heavy atom. The van der Waals surface area contributed by atoms with Gasteiger partial charge in [0.2, 0.25) is 5.78 Å². The number of hydrogen-bond donors (Lipinski definition) is 1. The molecule has 19 heavy (non-hydrogen) atoms. The number of Topliss-reactive ketones (excluding diaryl/α,β-unsaturated/α-hetero) is 1. The Morgan fingerprint density at radius 3 is 2.74 bits per heavy atom. The molecule has 1 N–H and O–H groups in total. The predicted molar refractivity (Wildman–Crippen MR) is 71.2 cm³/mol. The number of aromatic nitrogens is 2. The second-order valence-electron chi connectivity index (χ2n) is 4.34. The van der Waals surface area contributed by atoms with Gasteiger partial charge in [-0.3, -0.25) is 14.3 Å². The molecule has 0 saturated heterocycles. The lowest BCUT2D eigenvalue weighted by Crippen LogP contribution is -2.28. The molecule has 1 aromatic heterocycles. The highest BCUT2D eigenvalue weighted by atomic mass is 16.2. The van der Waals surface area contributed by atoms with E-state index in [1.807, 2.05) is 37.5 Å². The van der Waals surface area contributed by atoms with E-state index in [1.165, 1.54) is 6.92 Å². The van der Waals surface area contributed by atoms with Crippen molar-refractivity contribution < 1.29 is 9.59 Å². The third kappa shape index (κ3) is 3.28. The van der Waals surface area contributed by atoms with Crippen LogP contribution in [-0.4, -0.2) is 21.5 Å². The zero-order valence-electron chi connectivity index (χ0n) is 10.9. The minimum absolute atomic E-state index is 0.340. The number of carbonyl (C=O) groups excluding carboxylic acids is 2. The van der Waals surface area contributed by atoms with Gasteiger partial charge in [0.1, 0.15) is 0 Å². The summed E-state index contributed by atoms with van der Waals surface area (Å²) in [5, 5.41) is 6.70. The van der Waals surface area contributed by atoms with Crippen molar-refractivity contribution in [1.29, 1.82) is 0 Å². The molecular weight excluding hydrogens is 242 g/mol. The van der Waals surface area contributed by atoms with Crippen molar-refractivity contribution in [1.82, 2.24) is 15.1 Å². The van der Waals surface area contributed by atoms with E-state index in [0.29, 0.717) is 6.54 Å². The fourth-order valence-corrected chi connectivity index (χ4v) is 1.74. The van der Waals surface area contributed by atoms with Crippen LogP contribution in [0.4, 0.5) is 0 Å². The highest BCUT2D eigenvalue weighted by Crippen LogP contribution is 2.19. The summed E-state index contributed by atoms with van der Waals surface area (Å²) in [6.45, 7) is 1.59. The molecule has 0 aliphatic heterocycles. The van der Waals surface area contributed by atoms with Gasteiger partial charge < -0.3 is 5.32 Å². The first-order valence-electron chi connectivity index (χ1n) is 5.93. The highest BCUT2D eigenvalue weighted by Gasteiger charge is 2.07. The minimum Gasteiger partial charge on any atom is -0.345 e. The van der Waals surface area contributed by atoms with E-state index in [2.05, 4.69) is 10.4 Å². The zero-order chi connectivity index (χ0) is 13.8. The summed E-state index contributed by atoms with van der Waals surface area (Å²) in [7, 11) is 1.86. The Bertz CT molecular complexity index is 617. The summed E-state index contributed by atoms with van der Waals surface area (Å²) < 4.78 is 1.74. The largest absolute Gasteiger partial charge is 0.345 e. The standard InChI is InChI=1S/C14H15N3O2/c1-10(18)14(19)15-7-11-4-3-5-12(6-11)13-8-16-17(2)9-13/h3-6,8-9H,7H2,1-2H3,(H,15,19). The average Bonchev–Trinajstić information content (AvgIpc) is 2.83. The lowest BCUT2D eigenvalue weighted by molar-refractivity contribution is -0.136. The van der Waals surface area contributed by atoms with Crippen LogP contribution in [0.3, 0.4) is 0 Å². The predicted octanol–water partition coefficient (Wildman–Crippen LogP) is 1.29. The molecule has 2 aromatic rings. The molecule has 1 amide bonds. The van der Waals surface area contributed by atoms with E-state index in [1.54, 1.807) is 10.9 Å². The third-order valence-corrected chi connectivity index (χ3v) is 2.74. The molecule has 5 heteroatoms. The number of benzene rings is 1. The van der Waals surface area contributed by atoms with Crippen molar-refractivity contribution in [2.24, 2.45) is 7.05 Å². The van der Waals surface area contributed by atoms with Gasteiger partial charge in [-0.25, -0.2) is 0 Å². The first-order valence-corrected chi connectivity index (χ1v) is 5.93. The van der Waals surface area contributed by atoms with Crippen LogP contribution in [0.25, 0.3) is 11.1 Å². The molecule has 0 bridgehead atoms. The van der Waals surface area contributed by atoms with Crippen LogP contribution in [0.2, 0.25) is 0 Å². The highest BCUT2D eigenvalue weighted by molar-refractivity contribution is 6.35. The first-order chi connectivity index (χ1) is 9.06. The average molecular weight is 257 g/mol. The number of amides is 1. The van der Waals surface area contributed by atoms with E-state index >= 15 is 0 Å². The van der Waals surface area contributed by atoms with Crippen molar-refractivity contribution in [2.75, 3.05) is 0 Å². The summed E-state index contributed by atoms with van der Waals surface area (Å²) >= 11 is 0. The van der Waals surface area contributed by atoms with Gasteiger partial charge in [0.05, 0.1) is 6.20 Å².